The number of benzene rings is 1. The molecule has 17 heavy (non-hydrogen) atoms. The minimum atomic E-state index is -0.324. The van der Waals surface area contributed by atoms with Crippen molar-refractivity contribution in [2.75, 3.05) is 11.4 Å². The fourth-order valence-corrected chi connectivity index (χ4v) is 2.37. The number of nitrogens with one attached hydrogen (secondary N) is 1. The molecule has 3 amide bonds. The van der Waals surface area contributed by atoms with Crippen LogP contribution in [0.1, 0.15) is 12.8 Å². The summed E-state index contributed by atoms with van der Waals surface area (Å²) in [5, 5.41) is 2.43. The second kappa shape index (κ2) is 3.57. The van der Waals surface area contributed by atoms with Crippen molar-refractivity contribution in [1.29, 1.82) is 0 Å². The van der Waals surface area contributed by atoms with Gasteiger partial charge in [0.2, 0.25) is 5.91 Å². The molecule has 0 radical (unpaired) electrons. The summed E-state index contributed by atoms with van der Waals surface area (Å²) in [6.07, 6.45) is 1.75. The predicted molar refractivity (Wildman–Crippen MR) is 66.7 cm³/mol. The Balaban J connectivity index is 1.90. The lowest BCUT2D eigenvalue weighted by Crippen LogP contribution is -2.55. The van der Waals surface area contributed by atoms with Crippen molar-refractivity contribution in [3.05, 3.63) is 28.7 Å². The second-order valence-corrected chi connectivity index (χ2v) is 5.52. The highest BCUT2D eigenvalue weighted by atomic mass is 79.9. The quantitative estimate of drug-likeness (QED) is 0.864. The normalized spacial score (nSPS) is 21.6. The number of amides is 3. The highest BCUT2D eigenvalue weighted by molar-refractivity contribution is 9.10. The van der Waals surface area contributed by atoms with Gasteiger partial charge in [-0.15, -0.1) is 0 Å². The predicted octanol–water partition coefficient (Wildman–Crippen LogP) is 2.29. The second-order valence-electron chi connectivity index (χ2n) is 4.60. The van der Waals surface area contributed by atoms with E-state index in [1.807, 2.05) is 24.3 Å². The van der Waals surface area contributed by atoms with Gasteiger partial charge >= 0.3 is 6.03 Å². The molecule has 0 bridgehead atoms. The number of hydrogen-bond acceptors (Lipinski definition) is 2. The van der Waals surface area contributed by atoms with Gasteiger partial charge in [0.15, 0.2) is 0 Å². The average Bonchev–Trinajstić information content (AvgIpc) is 3.07. The Labute approximate surface area is 107 Å². The van der Waals surface area contributed by atoms with E-state index in [0.717, 1.165) is 23.0 Å². The third-order valence-electron chi connectivity index (χ3n) is 3.40. The Kier molecular flexibility index (Phi) is 2.26. The Morgan fingerprint density at radius 3 is 2.41 bits per heavy atom. The zero-order chi connectivity index (χ0) is 12.0. The van der Waals surface area contributed by atoms with Crippen molar-refractivity contribution < 1.29 is 9.59 Å². The topological polar surface area (TPSA) is 49.4 Å². The number of nitrogens with zero attached hydrogens (tertiary/aromatic N) is 1. The molecule has 2 aliphatic rings. The molecule has 4 nitrogen and oxygen atoms in total. The van der Waals surface area contributed by atoms with Crippen LogP contribution in [0.3, 0.4) is 0 Å². The molecule has 1 aliphatic carbocycles. The van der Waals surface area contributed by atoms with Gasteiger partial charge in [-0.1, -0.05) is 15.9 Å². The number of carbonyl (C=O) groups is 2. The van der Waals surface area contributed by atoms with E-state index in [1.165, 1.54) is 0 Å². The summed E-state index contributed by atoms with van der Waals surface area (Å²) in [7, 11) is 0. The molecule has 0 unspecified atom stereocenters. The van der Waals surface area contributed by atoms with Crippen LogP contribution < -0.4 is 10.2 Å². The molecular weight excluding hydrogens is 284 g/mol. The van der Waals surface area contributed by atoms with Crippen molar-refractivity contribution in [2.24, 2.45) is 5.41 Å². The molecule has 3 rings (SSSR count). The maximum atomic E-state index is 11.8. The minimum absolute atomic E-state index is 0.115. The summed E-state index contributed by atoms with van der Waals surface area (Å²) in [6, 6.07) is 7.19. The first-order chi connectivity index (χ1) is 8.11. The number of carbonyl (C=O) groups excluding carboxylic acids is 2. The van der Waals surface area contributed by atoms with Gasteiger partial charge in [0.1, 0.15) is 0 Å². The van der Waals surface area contributed by atoms with E-state index in [9.17, 15) is 9.59 Å². The average molecular weight is 295 g/mol. The molecule has 1 aromatic carbocycles. The first-order valence-corrected chi connectivity index (χ1v) is 6.29. The van der Waals surface area contributed by atoms with Crippen LogP contribution in [-0.4, -0.2) is 18.5 Å². The number of urea groups is 1. The lowest BCUT2D eigenvalue weighted by Gasteiger charge is -2.32. The molecule has 1 heterocycles. The van der Waals surface area contributed by atoms with E-state index < -0.39 is 0 Å². The smallest absolute Gasteiger partial charge is 0.293 e. The Hall–Kier alpha value is -1.36. The Morgan fingerprint density at radius 2 is 1.82 bits per heavy atom. The summed E-state index contributed by atoms with van der Waals surface area (Å²) in [6.45, 7) is 0.499. The summed E-state index contributed by atoms with van der Waals surface area (Å²) in [5.41, 5.74) is 0.505. The van der Waals surface area contributed by atoms with E-state index in [0.29, 0.717) is 6.54 Å². The van der Waals surface area contributed by atoms with Crippen LogP contribution in [0.4, 0.5) is 10.5 Å². The van der Waals surface area contributed by atoms with Gasteiger partial charge in [-0.05, 0) is 37.1 Å². The Bertz CT molecular complexity index is 494. The van der Waals surface area contributed by atoms with Gasteiger partial charge in [-0.3, -0.25) is 15.0 Å². The van der Waals surface area contributed by atoms with Gasteiger partial charge in [0, 0.05) is 16.7 Å². The maximum Gasteiger partial charge on any atom is 0.328 e. The molecule has 1 spiro atoms. The maximum absolute atomic E-state index is 11.8. The number of imide groups is 1. The van der Waals surface area contributed by atoms with Crippen molar-refractivity contribution in [3.8, 4) is 0 Å². The third-order valence-corrected chi connectivity index (χ3v) is 3.93. The van der Waals surface area contributed by atoms with E-state index >= 15 is 0 Å². The van der Waals surface area contributed by atoms with Crippen LogP contribution >= 0.6 is 15.9 Å². The van der Waals surface area contributed by atoms with Crippen LogP contribution in [-0.2, 0) is 4.79 Å². The molecule has 5 heteroatoms. The van der Waals surface area contributed by atoms with Crippen LogP contribution in [0.25, 0.3) is 0 Å². The van der Waals surface area contributed by atoms with Gasteiger partial charge in [0.25, 0.3) is 0 Å². The molecule has 2 fully saturated rings. The number of rotatable bonds is 1. The van der Waals surface area contributed by atoms with E-state index in [1.54, 1.807) is 4.90 Å². The summed E-state index contributed by atoms with van der Waals surface area (Å²) in [5.74, 6) is -0.115. The van der Waals surface area contributed by atoms with Crippen LogP contribution in [0.15, 0.2) is 28.7 Å². The summed E-state index contributed by atoms with van der Waals surface area (Å²) < 4.78 is 0.968. The van der Waals surface area contributed by atoms with Gasteiger partial charge < -0.3 is 0 Å². The third kappa shape index (κ3) is 1.74. The van der Waals surface area contributed by atoms with Crippen molar-refractivity contribution in [1.82, 2.24) is 5.32 Å². The minimum Gasteiger partial charge on any atom is -0.293 e. The SMILES string of the molecule is O=C1NC(=O)C2(CC2)CN1c1ccc(Br)cc1. The monoisotopic (exact) mass is 294 g/mol. The Morgan fingerprint density at radius 1 is 1.18 bits per heavy atom. The largest absolute Gasteiger partial charge is 0.328 e. The lowest BCUT2D eigenvalue weighted by molar-refractivity contribution is -0.125. The molecule has 88 valence electrons. The number of halogens is 1. The molecule has 1 aliphatic heterocycles. The van der Waals surface area contributed by atoms with Gasteiger partial charge in [-0.2, -0.15) is 0 Å². The van der Waals surface area contributed by atoms with Crippen LogP contribution in [0.2, 0.25) is 0 Å². The fraction of sp³-hybridized carbons (Fsp3) is 0.333. The van der Waals surface area contributed by atoms with Gasteiger partial charge in [0.05, 0.1) is 5.41 Å². The lowest BCUT2D eigenvalue weighted by atomic mass is 10.0. The van der Waals surface area contributed by atoms with E-state index in [-0.39, 0.29) is 17.4 Å². The first-order valence-electron chi connectivity index (χ1n) is 5.49. The van der Waals surface area contributed by atoms with Crippen LogP contribution in [0, 0.1) is 5.41 Å². The summed E-state index contributed by atoms with van der Waals surface area (Å²) >= 11 is 3.36. The van der Waals surface area contributed by atoms with E-state index in [4.69, 9.17) is 0 Å². The highest BCUT2D eigenvalue weighted by Gasteiger charge is 2.55. The molecular formula is C12H11BrN2O2. The standard InChI is InChI=1S/C12H11BrN2O2/c13-8-1-3-9(4-2-8)15-7-12(5-6-12)10(16)14-11(15)17/h1-4H,5-7H2,(H,14,16,17). The number of anilines is 1. The zero-order valence-electron chi connectivity index (χ0n) is 9.07. The fourth-order valence-electron chi connectivity index (χ4n) is 2.11. The molecule has 1 saturated carbocycles. The van der Waals surface area contributed by atoms with Gasteiger partial charge in [-0.25, -0.2) is 4.79 Å². The molecule has 1 N–H and O–H groups in total. The molecule has 0 aromatic heterocycles. The van der Waals surface area contributed by atoms with Crippen molar-refractivity contribution in [3.63, 3.8) is 0 Å². The number of hydrogen-bond donors (Lipinski definition) is 1. The molecule has 0 atom stereocenters. The van der Waals surface area contributed by atoms with E-state index in [2.05, 4.69) is 21.2 Å². The first kappa shape index (κ1) is 10.8. The van der Waals surface area contributed by atoms with Crippen molar-refractivity contribution in [2.45, 2.75) is 12.8 Å². The molecule has 1 saturated heterocycles. The zero-order valence-corrected chi connectivity index (χ0v) is 10.7. The summed E-state index contributed by atoms with van der Waals surface area (Å²) in [4.78, 5) is 25.1. The highest BCUT2D eigenvalue weighted by Crippen LogP contribution is 2.48. The van der Waals surface area contributed by atoms with Crippen LogP contribution in [0.5, 0.6) is 0 Å². The van der Waals surface area contributed by atoms with Crippen molar-refractivity contribution >= 4 is 33.6 Å². The molecule has 1 aromatic rings.